The van der Waals surface area contributed by atoms with E-state index in [4.69, 9.17) is 23.2 Å². The minimum Gasteiger partial charge on any atom is -0.350 e. The smallest absolute Gasteiger partial charge is 0.269 e. The number of nitrogens with zero attached hydrogens (tertiary/aromatic N) is 2. The number of halogens is 2. The lowest BCUT2D eigenvalue weighted by Gasteiger charge is -2.32. The van der Waals surface area contributed by atoms with Crippen molar-refractivity contribution >= 4 is 50.9 Å². The van der Waals surface area contributed by atoms with E-state index in [0.717, 1.165) is 0 Å². The van der Waals surface area contributed by atoms with Crippen molar-refractivity contribution in [1.29, 1.82) is 0 Å². The minimum atomic E-state index is -4.06. The van der Waals surface area contributed by atoms with Gasteiger partial charge in [0.05, 0.1) is 5.56 Å². The number of sulfonamides is 1. The molecular weight excluding hydrogens is 513 g/mol. The molecule has 2 aromatic rings. The van der Waals surface area contributed by atoms with Crippen molar-refractivity contribution in [3.05, 3.63) is 63.6 Å². The molecular formula is C24H27Cl2N3O5S. The summed E-state index contributed by atoms with van der Waals surface area (Å²) in [6, 6.07) is 9.88. The lowest BCUT2D eigenvalue weighted by Crippen LogP contribution is -2.52. The van der Waals surface area contributed by atoms with E-state index < -0.39 is 39.3 Å². The van der Waals surface area contributed by atoms with Crippen LogP contribution in [0.3, 0.4) is 0 Å². The Morgan fingerprint density at radius 1 is 1.06 bits per heavy atom. The number of carbonyl (C=O) groups is 3. The zero-order valence-electron chi connectivity index (χ0n) is 19.8. The van der Waals surface area contributed by atoms with Crippen molar-refractivity contribution in [3.8, 4) is 0 Å². The second-order valence-corrected chi connectivity index (χ2v) is 11.9. The van der Waals surface area contributed by atoms with Crippen LogP contribution in [0.25, 0.3) is 0 Å². The van der Waals surface area contributed by atoms with E-state index in [1.807, 2.05) is 20.8 Å². The first-order chi connectivity index (χ1) is 16.2. The van der Waals surface area contributed by atoms with Gasteiger partial charge in [0.15, 0.2) is 0 Å². The van der Waals surface area contributed by atoms with E-state index in [1.54, 1.807) is 31.2 Å². The predicted molar refractivity (Wildman–Crippen MR) is 134 cm³/mol. The van der Waals surface area contributed by atoms with Crippen LogP contribution in [0.4, 0.5) is 0 Å². The highest BCUT2D eigenvalue weighted by atomic mass is 35.5. The molecule has 1 N–H and O–H groups in total. The van der Waals surface area contributed by atoms with Gasteiger partial charge in [-0.05, 0) is 52.0 Å². The first-order valence-corrected chi connectivity index (χ1v) is 13.1. The molecule has 188 valence electrons. The number of rotatable bonds is 7. The van der Waals surface area contributed by atoms with E-state index in [-0.39, 0.29) is 30.0 Å². The van der Waals surface area contributed by atoms with Crippen molar-refractivity contribution in [2.45, 2.75) is 57.1 Å². The Morgan fingerprint density at radius 3 is 2.23 bits per heavy atom. The number of amides is 3. The van der Waals surface area contributed by atoms with Gasteiger partial charge in [-0.2, -0.15) is 0 Å². The summed E-state index contributed by atoms with van der Waals surface area (Å²) in [6.45, 7) is 6.58. The molecule has 0 fully saturated rings. The molecule has 3 rings (SSSR count). The molecule has 1 aliphatic rings. The average Bonchev–Trinajstić information content (AvgIpc) is 2.96. The third kappa shape index (κ3) is 5.79. The Morgan fingerprint density at radius 2 is 1.66 bits per heavy atom. The summed E-state index contributed by atoms with van der Waals surface area (Å²) in [5.41, 5.74) is -0.0151. The fourth-order valence-corrected chi connectivity index (χ4v) is 5.79. The zero-order valence-corrected chi connectivity index (χ0v) is 22.2. The third-order valence-corrected chi connectivity index (χ3v) is 8.05. The van der Waals surface area contributed by atoms with Crippen LogP contribution < -0.4 is 5.32 Å². The summed E-state index contributed by atoms with van der Waals surface area (Å²) in [5, 5.41) is 3.49. The highest BCUT2D eigenvalue weighted by Gasteiger charge is 2.41. The molecule has 1 atom stereocenters. The van der Waals surface area contributed by atoms with E-state index in [9.17, 15) is 22.8 Å². The van der Waals surface area contributed by atoms with E-state index in [2.05, 4.69) is 5.32 Å². The fraction of sp³-hybridized carbons (Fsp3) is 0.375. The van der Waals surface area contributed by atoms with Gasteiger partial charge in [-0.3, -0.25) is 14.4 Å². The standard InChI is InChI=1S/C24H27Cl2N3O5S/c1-15(22(31)27-24(2,3)4)28(14-17-18(25)9-7-10-19(17)26)21(30)12-13-29-23(32)16-8-5-6-11-20(16)35(29,33)34/h5-11,15H,12-14H2,1-4H3,(H,27,31)/t15-/m0/s1. The van der Waals surface area contributed by atoms with Crippen LogP contribution in [0, 0.1) is 0 Å². The molecule has 0 radical (unpaired) electrons. The van der Waals surface area contributed by atoms with Crippen LogP contribution in [0.1, 0.15) is 50.0 Å². The summed E-state index contributed by atoms with van der Waals surface area (Å²) in [6.07, 6.45) is -0.325. The molecule has 3 amide bonds. The lowest BCUT2D eigenvalue weighted by atomic mass is 10.1. The third-order valence-electron chi connectivity index (χ3n) is 5.50. The van der Waals surface area contributed by atoms with Gasteiger partial charge in [-0.1, -0.05) is 41.4 Å². The van der Waals surface area contributed by atoms with Gasteiger partial charge in [0.2, 0.25) is 11.8 Å². The normalized spacial score (nSPS) is 15.5. The van der Waals surface area contributed by atoms with Gasteiger partial charge in [0.1, 0.15) is 10.9 Å². The number of hydrogen-bond donors (Lipinski definition) is 1. The Hall–Kier alpha value is -2.62. The van der Waals surface area contributed by atoms with Gasteiger partial charge in [0, 0.05) is 40.7 Å². The quantitative estimate of drug-likeness (QED) is 0.575. The number of nitrogens with one attached hydrogen (secondary N) is 1. The summed E-state index contributed by atoms with van der Waals surface area (Å²) < 4.78 is 26.4. The van der Waals surface area contributed by atoms with Crippen LogP contribution in [0.2, 0.25) is 10.0 Å². The van der Waals surface area contributed by atoms with Gasteiger partial charge < -0.3 is 10.2 Å². The largest absolute Gasteiger partial charge is 0.350 e. The molecule has 0 aliphatic carbocycles. The van der Waals surface area contributed by atoms with Gasteiger partial charge in [-0.25, -0.2) is 12.7 Å². The van der Waals surface area contributed by atoms with E-state index >= 15 is 0 Å². The van der Waals surface area contributed by atoms with Crippen LogP contribution >= 0.6 is 23.2 Å². The summed E-state index contributed by atoms with van der Waals surface area (Å²) in [4.78, 5) is 40.1. The molecule has 2 aromatic carbocycles. The first-order valence-electron chi connectivity index (χ1n) is 10.9. The van der Waals surface area contributed by atoms with E-state index in [1.165, 1.54) is 23.1 Å². The van der Waals surface area contributed by atoms with Crippen LogP contribution in [0.5, 0.6) is 0 Å². The van der Waals surface area contributed by atoms with Crippen LogP contribution in [0.15, 0.2) is 47.4 Å². The molecule has 1 heterocycles. The van der Waals surface area contributed by atoms with Crippen LogP contribution in [-0.2, 0) is 26.2 Å². The summed E-state index contributed by atoms with van der Waals surface area (Å²) in [5.74, 6) is -1.62. The SMILES string of the molecule is C[C@@H](C(=O)NC(C)(C)C)N(Cc1c(Cl)cccc1Cl)C(=O)CCN1C(=O)c2ccccc2S1(=O)=O. The Labute approximate surface area is 215 Å². The second kappa shape index (κ2) is 10.2. The number of carbonyl (C=O) groups excluding carboxylic acids is 3. The molecule has 1 aliphatic heterocycles. The van der Waals surface area contributed by atoms with Crippen molar-refractivity contribution in [2.24, 2.45) is 0 Å². The number of benzene rings is 2. The Kier molecular flexibility index (Phi) is 7.83. The van der Waals surface area contributed by atoms with Crippen molar-refractivity contribution in [3.63, 3.8) is 0 Å². The maximum Gasteiger partial charge on any atom is 0.269 e. The van der Waals surface area contributed by atoms with Gasteiger partial charge in [-0.15, -0.1) is 0 Å². The zero-order chi connectivity index (χ0) is 26.1. The van der Waals surface area contributed by atoms with E-state index in [0.29, 0.717) is 19.9 Å². The maximum absolute atomic E-state index is 13.4. The average molecular weight is 540 g/mol. The molecule has 35 heavy (non-hydrogen) atoms. The predicted octanol–water partition coefficient (Wildman–Crippen LogP) is 3.86. The minimum absolute atomic E-state index is 0.0672. The van der Waals surface area contributed by atoms with Crippen molar-refractivity contribution < 1.29 is 22.8 Å². The topological polar surface area (TPSA) is 104 Å². The monoisotopic (exact) mass is 539 g/mol. The molecule has 8 nitrogen and oxygen atoms in total. The Bertz CT molecular complexity index is 1250. The molecule has 0 saturated carbocycles. The van der Waals surface area contributed by atoms with Crippen molar-refractivity contribution in [2.75, 3.05) is 6.54 Å². The molecule has 0 unspecified atom stereocenters. The molecule has 0 aromatic heterocycles. The second-order valence-electron chi connectivity index (χ2n) is 9.27. The summed E-state index contributed by atoms with van der Waals surface area (Å²) in [7, 11) is -4.06. The molecule has 0 spiro atoms. The number of fused-ring (bicyclic) bond motifs is 1. The Balaban J connectivity index is 1.85. The lowest BCUT2D eigenvalue weighted by molar-refractivity contribution is -0.141. The molecule has 0 saturated heterocycles. The first kappa shape index (κ1) is 27.0. The van der Waals surface area contributed by atoms with Gasteiger partial charge >= 0.3 is 0 Å². The summed E-state index contributed by atoms with van der Waals surface area (Å²) >= 11 is 12.6. The fourth-order valence-electron chi connectivity index (χ4n) is 3.70. The van der Waals surface area contributed by atoms with Crippen LogP contribution in [-0.4, -0.2) is 53.5 Å². The number of hydrogen-bond acceptors (Lipinski definition) is 5. The van der Waals surface area contributed by atoms with Gasteiger partial charge in [0.25, 0.3) is 15.9 Å². The maximum atomic E-state index is 13.4. The highest BCUT2D eigenvalue weighted by Crippen LogP contribution is 2.31. The van der Waals surface area contributed by atoms with Crippen molar-refractivity contribution in [1.82, 2.24) is 14.5 Å². The molecule has 11 heteroatoms. The molecule has 0 bridgehead atoms. The highest BCUT2D eigenvalue weighted by molar-refractivity contribution is 7.90.